The smallest absolute Gasteiger partial charge is 0.234 e. The first-order valence-corrected chi connectivity index (χ1v) is 8.13. The molecule has 4 atom stereocenters. The van der Waals surface area contributed by atoms with Gasteiger partial charge >= 0.3 is 0 Å². The van der Waals surface area contributed by atoms with Gasteiger partial charge in [-0.1, -0.05) is 35.9 Å². The van der Waals surface area contributed by atoms with Crippen molar-refractivity contribution in [2.45, 2.75) is 19.0 Å². The summed E-state index contributed by atoms with van der Waals surface area (Å²) in [5.74, 6) is -1.01. The van der Waals surface area contributed by atoms with E-state index in [4.69, 9.17) is 0 Å². The Kier molecular flexibility index (Phi) is 3.46. The highest BCUT2D eigenvalue weighted by atomic mass is 16.2. The number of fused-ring (bicyclic) bond motifs is 1. The molecule has 0 radical (unpaired) electrons. The van der Waals surface area contributed by atoms with E-state index in [-0.39, 0.29) is 29.8 Å². The summed E-state index contributed by atoms with van der Waals surface area (Å²) in [5.41, 5.74) is 2.98. The highest BCUT2D eigenvalue weighted by Gasteiger charge is 2.58. The van der Waals surface area contributed by atoms with Crippen LogP contribution >= 0.6 is 0 Å². The fourth-order valence-corrected chi connectivity index (χ4v) is 3.96. The Labute approximate surface area is 140 Å². The fraction of sp³-hybridized carbons (Fsp3) is 0.316. The molecule has 2 fully saturated rings. The molecule has 0 aliphatic carbocycles. The lowest BCUT2D eigenvalue weighted by molar-refractivity contribution is -0.139. The van der Waals surface area contributed by atoms with Crippen molar-refractivity contribution in [3.63, 3.8) is 0 Å². The van der Waals surface area contributed by atoms with Gasteiger partial charge in [0.05, 0.1) is 23.6 Å². The summed E-state index contributed by atoms with van der Waals surface area (Å²) >= 11 is 0. The zero-order valence-corrected chi connectivity index (χ0v) is 13.6. The average Bonchev–Trinajstić information content (AvgIpc) is 3.09. The van der Waals surface area contributed by atoms with Gasteiger partial charge in [-0.05, 0) is 24.6 Å². The van der Waals surface area contributed by atoms with E-state index in [1.807, 2.05) is 43.3 Å². The minimum atomic E-state index is -0.400. The van der Waals surface area contributed by atoms with E-state index in [1.54, 1.807) is 13.2 Å². The molecule has 2 amide bonds. The molecule has 5 heteroatoms. The normalized spacial score (nSPS) is 29.2. The number of imide groups is 1. The van der Waals surface area contributed by atoms with E-state index in [9.17, 15) is 9.59 Å². The van der Waals surface area contributed by atoms with Crippen LogP contribution in [0.25, 0.3) is 0 Å². The van der Waals surface area contributed by atoms with Crippen molar-refractivity contribution in [1.29, 1.82) is 0 Å². The predicted octanol–water partition coefficient (Wildman–Crippen LogP) is 2.01. The minimum Gasteiger partial charge on any atom is -0.300 e. The summed E-state index contributed by atoms with van der Waals surface area (Å²) < 4.78 is 0. The van der Waals surface area contributed by atoms with Gasteiger partial charge in [0.2, 0.25) is 11.8 Å². The molecule has 1 N–H and O–H groups in total. The summed E-state index contributed by atoms with van der Waals surface area (Å²) in [5, 5.41) is 3.50. The highest BCUT2D eigenvalue weighted by Crippen LogP contribution is 2.48. The topological polar surface area (TPSA) is 62.3 Å². The predicted molar refractivity (Wildman–Crippen MR) is 88.8 cm³/mol. The van der Waals surface area contributed by atoms with E-state index >= 15 is 0 Å². The lowest BCUT2D eigenvalue weighted by Crippen LogP contribution is -2.34. The second-order valence-corrected chi connectivity index (χ2v) is 6.58. The largest absolute Gasteiger partial charge is 0.300 e. The number of aromatic nitrogens is 1. The molecular formula is C19H19N3O2. The third-order valence-electron chi connectivity index (χ3n) is 5.10. The summed E-state index contributed by atoms with van der Waals surface area (Å²) in [6.45, 7) is 2.03. The zero-order chi connectivity index (χ0) is 16.8. The number of likely N-dealkylation sites (tertiary alicyclic amines) is 1. The number of aryl methyl sites for hydroxylation is 1. The third kappa shape index (κ3) is 2.16. The van der Waals surface area contributed by atoms with Crippen molar-refractivity contribution in [2.24, 2.45) is 11.8 Å². The number of benzene rings is 1. The second kappa shape index (κ2) is 5.53. The lowest BCUT2D eigenvalue weighted by atomic mass is 9.85. The van der Waals surface area contributed by atoms with Crippen LogP contribution in [0.3, 0.4) is 0 Å². The van der Waals surface area contributed by atoms with Gasteiger partial charge in [0, 0.05) is 19.3 Å². The third-order valence-corrected chi connectivity index (χ3v) is 5.10. The maximum absolute atomic E-state index is 12.7. The molecular weight excluding hydrogens is 302 g/mol. The van der Waals surface area contributed by atoms with Gasteiger partial charge < -0.3 is 5.32 Å². The quantitative estimate of drug-likeness (QED) is 0.860. The highest BCUT2D eigenvalue weighted by molar-refractivity contribution is 6.06. The van der Waals surface area contributed by atoms with E-state index < -0.39 is 5.92 Å². The van der Waals surface area contributed by atoms with Gasteiger partial charge in [0.1, 0.15) is 0 Å². The van der Waals surface area contributed by atoms with Crippen molar-refractivity contribution < 1.29 is 9.59 Å². The van der Waals surface area contributed by atoms with Gasteiger partial charge in [0.15, 0.2) is 0 Å². The molecule has 0 unspecified atom stereocenters. The Bertz CT molecular complexity index is 805. The standard InChI is InChI=1S/C19H19N3O2/c1-11-6-5-7-12(10-11)16-14-15(19(24)22(2)18(14)23)17(21-16)13-8-3-4-9-20-13/h3-10,14-17,21H,1-2H3/t14-,15+,16+,17-/m0/s1. The van der Waals surface area contributed by atoms with Crippen molar-refractivity contribution in [3.8, 4) is 0 Å². The number of rotatable bonds is 2. The van der Waals surface area contributed by atoms with E-state index in [1.165, 1.54) is 4.90 Å². The van der Waals surface area contributed by atoms with Crippen LogP contribution < -0.4 is 5.32 Å². The van der Waals surface area contributed by atoms with E-state index in [0.717, 1.165) is 16.8 Å². The van der Waals surface area contributed by atoms with Gasteiger partial charge in [0.25, 0.3) is 0 Å². The zero-order valence-electron chi connectivity index (χ0n) is 13.6. The molecule has 0 spiro atoms. The Morgan fingerprint density at radius 2 is 1.75 bits per heavy atom. The van der Waals surface area contributed by atoms with Crippen LogP contribution in [-0.2, 0) is 9.59 Å². The Hall–Kier alpha value is -2.53. The molecule has 1 aromatic heterocycles. The van der Waals surface area contributed by atoms with Crippen molar-refractivity contribution in [1.82, 2.24) is 15.2 Å². The molecule has 2 aliphatic rings. The maximum Gasteiger partial charge on any atom is 0.234 e. The monoisotopic (exact) mass is 321 g/mol. The first-order valence-electron chi connectivity index (χ1n) is 8.13. The van der Waals surface area contributed by atoms with Crippen LogP contribution in [0.2, 0.25) is 0 Å². The van der Waals surface area contributed by atoms with E-state index in [0.29, 0.717) is 0 Å². The molecule has 1 aromatic carbocycles. The lowest BCUT2D eigenvalue weighted by Gasteiger charge is -2.20. The average molecular weight is 321 g/mol. The second-order valence-electron chi connectivity index (χ2n) is 6.58. The van der Waals surface area contributed by atoms with Crippen LogP contribution in [0.1, 0.15) is 28.9 Å². The van der Waals surface area contributed by atoms with Crippen LogP contribution in [-0.4, -0.2) is 28.7 Å². The Morgan fingerprint density at radius 1 is 1.00 bits per heavy atom. The molecule has 3 heterocycles. The van der Waals surface area contributed by atoms with Crippen LogP contribution in [0, 0.1) is 18.8 Å². The van der Waals surface area contributed by atoms with Crippen LogP contribution in [0.15, 0.2) is 48.7 Å². The maximum atomic E-state index is 12.7. The van der Waals surface area contributed by atoms with Crippen molar-refractivity contribution >= 4 is 11.8 Å². The molecule has 2 aromatic rings. The van der Waals surface area contributed by atoms with E-state index in [2.05, 4.69) is 16.4 Å². The van der Waals surface area contributed by atoms with Crippen molar-refractivity contribution in [3.05, 3.63) is 65.5 Å². The summed E-state index contributed by atoms with van der Waals surface area (Å²) in [6.07, 6.45) is 1.72. The molecule has 0 bridgehead atoms. The van der Waals surface area contributed by atoms with Gasteiger partial charge in [-0.25, -0.2) is 0 Å². The summed E-state index contributed by atoms with van der Waals surface area (Å²) in [4.78, 5) is 31.0. The number of carbonyl (C=O) groups is 2. The fourth-order valence-electron chi connectivity index (χ4n) is 3.96. The summed E-state index contributed by atoms with van der Waals surface area (Å²) in [6, 6.07) is 13.3. The van der Waals surface area contributed by atoms with Gasteiger partial charge in [-0.15, -0.1) is 0 Å². The first-order chi connectivity index (χ1) is 11.6. The molecule has 2 aliphatic heterocycles. The van der Waals surface area contributed by atoms with Crippen LogP contribution in [0.4, 0.5) is 0 Å². The number of hydrogen-bond donors (Lipinski definition) is 1. The Balaban J connectivity index is 1.79. The number of amides is 2. The number of pyridine rings is 1. The molecule has 122 valence electrons. The van der Waals surface area contributed by atoms with Crippen LogP contribution in [0.5, 0.6) is 0 Å². The Morgan fingerprint density at radius 3 is 2.42 bits per heavy atom. The molecule has 2 saturated heterocycles. The summed E-state index contributed by atoms with van der Waals surface area (Å²) in [7, 11) is 1.58. The number of nitrogens with zero attached hydrogens (tertiary/aromatic N) is 2. The number of nitrogens with one attached hydrogen (secondary N) is 1. The number of hydrogen-bond acceptors (Lipinski definition) is 4. The van der Waals surface area contributed by atoms with Gasteiger partial charge in [-0.2, -0.15) is 0 Å². The number of carbonyl (C=O) groups excluding carboxylic acids is 2. The SMILES string of the molecule is Cc1cccc([C@H]2N[C@@H](c3ccccn3)[C@@H]3C(=O)N(C)C(=O)[C@@H]32)c1. The molecule has 5 nitrogen and oxygen atoms in total. The molecule has 24 heavy (non-hydrogen) atoms. The molecule has 0 saturated carbocycles. The minimum absolute atomic E-state index is 0.109. The molecule has 4 rings (SSSR count). The first kappa shape index (κ1) is 15.0. The van der Waals surface area contributed by atoms with Gasteiger partial charge in [-0.3, -0.25) is 19.5 Å². The van der Waals surface area contributed by atoms with Crippen molar-refractivity contribution in [2.75, 3.05) is 7.05 Å².